The molecule has 0 saturated carbocycles. The molecular formula is C28H43N3O4. The minimum absolute atomic E-state index is 0.00526. The quantitative estimate of drug-likeness (QED) is 0.545. The number of piperidine rings is 1. The lowest BCUT2D eigenvalue weighted by molar-refractivity contribution is -0.141. The molecule has 1 saturated heterocycles. The number of nitrogens with one attached hydrogen (secondary N) is 1. The molecule has 1 heterocycles. The third kappa shape index (κ3) is 7.40. The topological polar surface area (TPSA) is 90.0 Å². The first-order chi connectivity index (χ1) is 16.2. The van der Waals surface area contributed by atoms with Crippen LogP contribution in [0, 0.1) is 11.3 Å². The molecule has 35 heavy (non-hydrogen) atoms. The van der Waals surface area contributed by atoms with E-state index in [2.05, 4.69) is 22.3 Å². The molecule has 0 bridgehead atoms. The van der Waals surface area contributed by atoms with Crippen molar-refractivity contribution < 1.29 is 19.5 Å². The number of hydrogen-bond acceptors (Lipinski definition) is 4. The van der Waals surface area contributed by atoms with E-state index >= 15 is 0 Å². The summed E-state index contributed by atoms with van der Waals surface area (Å²) < 4.78 is 0. The molecule has 0 radical (unpaired) electrons. The molecule has 2 amide bonds. The van der Waals surface area contributed by atoms with Crippen LogP contribution in [0.5, 0.6) is 0 Å². The van der Waals surface area contributed by atoms with Crippen molar-refractivity contribution in [2.45, 2.75) is 78.4 Å². The van der Waals surface area contributed by atoms with Gasteiger partial charge in [-0.15, -0.1) is 0 Å². The molecule has 1 aliphatic heterocycles. The summed E-state index contributed by atoms with van der Waals surface area (Å²) in [6.07, 6.45) is 3.30. The molecule has 0 spiro atoms. The van der Waals surface area contributed by atoms with Crippen molar-refractivity contribution in [3.05, 3.63) is 47.5 Å². The summed E-state index contributed by atoms with van der Waals surface area (Å²) in [5.41, 5.74) is 0.901. The number of likely N-dealkylation sites (N-methyl/N-ethyl adjacent to an activating group) is 2. The summed E-state index contributed by atoms with van der Waals surface area (Å²) in [6.45, 7) is 12.0. The number of aliphatic carboxylic acids is 1. The number of amides is 2. The number of likely N-dealkylation sites (tertiary alicyclic amines) is 1. The monoisotopic (exact) mass is 485 g/mol. The van der Waals surface area contributed by atoms with Crippen molar-refractivity contribution in [1.82, 2.24) is 15.1 Å². The van der Waals surface area contributed by atoms with Gasteiger partial charge in [-0.1, -0.05) is 71.0 Å². The molecule has 1 aromatic carbocycles. The first-order valence-corrected chi connectivity index (χ1v) is 12.5. The van der Waals surface area contributed by atoms with Crippen LogP contribution in [-0.4, -0.2) is 71.5 Å². The average molecular weight is 486 g/mol. The number of carboxylic acids is 1. The third-order valence-electron chi connectivity index (χ3n) is 7.08. The highest BCUT2D eigenvalue weighted by Gasteiger charge is 2.40. The van der Waals surface area contributed by atoms with Gasteiger partial charge in [0, 0.05) is 12.6 Å². The van der Waals surface area contributed by atoms with E-state index in [-0.39, 0.29) is 29.3 Å². The van der Waals surface area contributed by atoms with Crippen molar-refractivity contribution >= 4 is 17.8 Å². The molecule has 0 aliphatic carbocycles. The average Bonchev–Trinajstić information content (AvgIpc) is 2.79. The molecule has 2 rings (SSSR count). The summed E-state index contributed by atoms with van der Waals surface area (Å²) >= 11 is 0. The van der Waals surface area contributed by atoms with E-state index in [1.807, 2.05) is 59.9 Å². The van der Waals surface area contributed by atoms with Crippen LogP contribution < -0.4 is 5.32 Å². The van der Waals surface area contributed by atoms with Crippen LogP contribution in [0.25, 0.3) is 0 Å². The highest BCUT2D eigenvalue weighted by Crippen LogP contribution is 2.31. The molecule has 2 N–H and O–H groups in total. The minimum atomic E-state index is -1.01. The van der Waals surface area contributed by atoms with Gasteiger partial charge in [-0.2, -0.15) is 0 Å². The number of benzene rings is 1. The molecule has 0 aromatic heterocycles. The van der Waals surface area contributed by atoms with Crippen LogP contribution in [0.1, 0.15) is 65.9 Å². The first-order valence-electron chi connectivity index (χ1n) is 12.5. The third-order valence-corrected chi connectivity index (χ3v) is 7.08. The van der Waals surface area contributed by atoms with E-state index in [0.717, 1.165) is 13.0 Å². The number of rotatable bonds is 8. The number of hydrogen-bond donors (Lipinski definition) is 2. The Morgan fingerprint density at radius 3 is 2.29 bits per heavy atom. The predicted molar refractivity (Wildman–Crippen MR) is 139 cm³/mol. The Morgan fingerprint density at radius 2 is 1.77 bits per heavy atom. The Morgan fingerprint density at radius 1 is 1.17 bits per heavy atom. The predicted octanol–water partition coefficient (Wildman–Crippen LogP) is 3.91. The van der Waals surface area contributed by atoms with Crippen LogP contribution in [0.2, 0.25) is 0 Å². The van der Waals surface area contributed by atoms with Crippen molar-refractivity contribution in [1.29, 1.82) is 0 Å². The lowest BCUT2D eigenvalue weighted by Crippen LogP contribution is -2.60. The normalized spacial score (nSPS) is 21.3. The largest absolute Gasteiger partial charge is 0.478 e. The molecule has 7 heteroatoms. The lowest BCUT2D eigenvalue weighted by Gasteiger charge is -2.40. The fourth-order valence-corrected chi connectivity index (χ4v) is 4.73. The van der Waals surface area contributed by atoms with E-state index in [4.69, 9.17) is 0 Å². The van der Waals surface area contributed by atoms with Gasteiger partial charge in [0.05, 0.1) is 12.1 Å². The lowest BCUT2D eigenvalue weighted by atomic mass is 9.83. The standard InChI is InChI=1S/C28H43N3O4/c1-18(2)22(16-19(3)27(34)35)31(8)26(33)24(28(4,5)6)29-25(32)23-17-21(14-15-30(23)7)20-12-10-9-11-13-20/h9-13,16,18,21-24H,14-15,17H2,1-8H3,(H,29,32)(H,34,35)/b19-16+. The van der Waals surface area contributed by atoms with Crippen molar-refractivity contribution in [2.75, 3.05) is 20.6 Å². The van der Waals surface area contributed by atoms with E-state index in [1.54, 1.807) is 18.0 Å². The first kappa shape index (κ1) is 28.6. The van der Waals surface area contributed by atoms with Gasteiger partial charge in [0.25, 0.3) is 0 Å². The minimum Gasteiger partial charge on any atom is -0.478 e. The summed E-state index contributed by atoms with van der Waals surface area (Å²) in [6, 6.07) is 8.80. The van der Waals surface area contributed by atoms with Crippen LogP contribution in [0.4, 0.5) is 0 Å². The zero-order valence-corrected chi connectivity index (χ0v) is 22.5. The van der Waals surface area contributed by atoms with Crippen molar-refractivity contribution in [2.24, 2.45) is 11.3 Å². The van der Waals surface area contributed by atoms with E-state index in [9.17, 15) is 19.5 Å². The summed E-state index contributed by atoms with van der Waals surface area (Å²) in [5, 5.41) is 12.4. The number of carboxylic acid groups (broad SMARTS) is 1. The maximum Gasteiger partial charge on any atom is 0.331 e. The highest BCUT2D eigenvalue weighted by atomic mass is 16.4. The Bertz CT molecular complexity index is 920. The van der Waals surface area contributed by atoms with Crippen LogP contribution >= 0.6 is 0 Å². The molecular weight excluding hydrogens is 442 g/mol. The Kier molecular flexibility index (Phi) is 9.67. The number of carbonyl (C=O) groups is 3. The summed E-state index contributed by atoms with van der Waals surface area (Å²) in [4.78, 5) is 42.3. The van der Waals surface area contributed by atoms with Gasteiger partial charge >= 0.3 is 5.97 Å². The van der Waals surface area contributed by atoms with E-state index < -0.39 is 23.5 Å². The zero-order chi connectivity index (χ0) is 26.5. The molecule has 7 nitrogen and oxygen atoms in total. The second-order valence-electron chi connectivity index (χ2n) is 11.3. The van der Waals surface area contributed by atoms with E-state index in [1.165, 1.54) is 12.5 Å². The zero-order valence-electron chi connectivity index (χ0n) is 22.5. The SMILES string of the molecule is C/C(=C\C(C(C)C)N(C)C(=O)C(NC(=O)C1CC(c2ccccc2)CCN1C)C(C)(C)C)C(=O)O. The van der Waals surface area contributed by atoms with Crippen molar-refractivity contribution in [3.63, 3.8) is 0 Å². The maximum atomic E-state index is 13.7. The second-order valence-corrected chi connectivity index (χ2v) is 11.3. The molecule has 1 aromatic rings. The van der Waals surface area contributed by atoms with Gasteiger partial charge in [-0.25, -0.2) is 4.79 Å². The summed E-state index contributed by atoms with van der Waals surface area (Å²) in [7, 11) is 3.64. The van der Waals surface area contributed by atoms with Gasteiger partial charge < -0.3 is 15.3 Å². The van der Waals surface area contributed by atoms with Gasteiger partial charge in [0.15, 0.2) is 0 Å². The van der Waals surface area contributed by atoms with Crippen LogP contribution in [0.15, 0.2) is 42.0 Å². The van der Waals surface area contributed by atoms with Crippen LogP contribution in [-0.2, 0) is 14.4 Å². The Labute approximate surface area is 210 Å². The number of carbonyl (C=O) groups excluding carboxylic acids is 2. The van der Waals surface area contributed by atoms with Gasteiger partial charge in [-0.3, -0.25) is 14.5 Å². The molecule has 4 unspecified atom stereocenters. The highest BCUT2D eigenvalue weighted by molar-refractivity contribution is 5.91. The van der Waals surface area contributed by atoms with Crippen LogP contribution in [0.3, 0.4) is 0 Å². The van der Waals surface area contributed by atoms with Gasteiger partial charge in [0.2, 0.25) is 11.8 Å². The van der Waals surface area contributed by atoms with E-state index in [0.29, 0.717) is 12.3 Å². The Balaban J connectivity index is 2.25. The number of nitrogens with zero attached hydrogens (tertiary/aromatic N) is 2. The maximum absolute atomic E-state index is 13.7. The molecule has 1 fully saturated rings. The second kappa shape index (κ2) is 11.8. The summed E-state index contributed by atoms with van der Waals surface area (Å²) in [5.74, 6) is -1.08. The smallest absolute Gasteiger partial charge is 0.331 e. The molecule has 194 valence electrons. The fraction of sp³-hybridized carbons (Fsp3) is 0.607. The fourth-order valence-electron chi connectivity index (χ4n) is 4.73. The van der Waals surface area contributed by atoms with Gasteiger partial charge in [-0.05, 0) is 56.2 Å². The Hall–Kier alpha value is -2.67. The molecule has 1 aliphatic rings. The van der Waals surface area contributed by atoms with Gasteiger partial charge in [0.1, 0.15) is 6.04 Å². The van der Waals surface area contributed by atoms with Crippen molar-refractivity contribution in [3.8, 4) is 0 Å². The molecule has 4 atom stereocenters.